The lowest BCUT2D eigenvalue weighted by Gasteiger charge is -2.24. The smallest absolute Gasteiger partial charge is 0.331 e. The third-order valence-corrected chi connectivity index (χ3v) is 2.38. The molecule has 1 aromatic rings. The Hall–Kier alpha value is -1.98. The first kappa shape index (κ1) is 14.1. The van der Waals surface area contributed by atoms with Gasteiger partial charge in [0, 0.05) is 12.6 Å². The molecular weight excluding hydrogens is 244 g/mol. The molecule has 1 unspecified atom stereocenters. The summed E-state index contributed by atoms with van der Waals surface area (Å²) >= 11 is 0. The zero-order valence-electron chi connectivity index (χ0n) is 9.77. The maximum Gasteiger partial charge on any atom is 0.331 e. The van der Waals surface area contributed by atoms with E-state index in [-0.39, 0.29) is 12.1 Å². The second-order valence-electron chi connectivity index (χ2n) is 3.79. The van der Waals surface area contributed by atoms with E-state index in [0.29, 0.717) is 18.9 Å². The average molecular weight is 257 g/mol. The number of amides is 1. The van der Waals surface area contributed by atoms with Crippen LogP contribution in [0.25, 0.3) is 0 Å². The number of carboxylic acid groups (broad SMARTS) is 1. The zero-order chi connectivity index (χ0) is 13.7. The first-order valence-corrected chi connectivity index (χ1v) is 5.39. The molecule has 1 atom stereocenters. The van der Waals surface area contributed by atoms with Crippen molar-refractivity contribution in [2.75, 3.05) is 6.54 Å². The molecule has 1 aromatic carbocycles. The van der Waals surface area contributed by atoms with Gasteiger partial charge in [-0.05, 0) is 24.1 Å². The van der Waals surface area contributed by atoms with Crippen molar-refractivity contribution in [1.82, 2.24) is 4.90 Å². The monoisotopic (exact) mass is 257 g/mol. The van der Waals surface area contributed by atoms with Gasteiger partial charge in [-0.3, -0.25) is 4.79 Å². The highest BCUT2D eigenvalue weighted by Gasteiger charge is 2.26. The number of carbonyl (C=O) groups excluding carboxylic acids is 1. The second kappa shape index (κ2) is 6.09. The highest BCUT2D eigenvalue weighted by Crippen LogP contribution is 2.22. The lowest BCUT2D eigenvalue weighted by atomic mass is 10.1. The molecule has 0 aromatic heterocycles. The Morgan fingerprint density at radius 1 is 1.39 bits per heavy atom. The van der Waals surface area contributed by atoms with Gasteiger partial charge in [-0.25, -0.2) is 13.6 Å². The van der Waals surface area contributed by atoms with Gasteiger partial charge in [0.1, 0.15) is 11.6 Å². The van der Waals surface area contributed by atoms with Crippen LogP contribution >= 0.6 is 0 Å². The van der Waals surface area contributed by atoms with E-state index in [9.17, 15) is 18.4 Å². The minimum atomic E-state index is -1.38. The van der Waals surface area contributed by atoms with E-state index in [0.717, 1.165) is 17.0 Å². The van der Waals surface area contributed by atoms with Crippen LogP contribution in [0.2, 0.25) is 0 Å². The third-order valence-electron chi connectivity index (χ3n) is 2.38. The van der Waals surface area contributed by atoms with E-state index in [1.807, 2.05) is 0 Å². The van der Waals surface area contributed by atoms with E-state index in [1.165, 1.54) is 0 Å². The maximum atomic E-state index is 13.1. The van der Waals surface area contributed by atoms with Gasteiger partial charge in [0.05, 0.1) is 0 Å². The fraction of sp³-hybridized carbons (Fsp3) is 0.333. The molecule has 6 heteroatoms. The minimum Gasteiger partial charge on any atom is -0.479 e. The molecule has 0 spiro atoms. The summed E-state index contributed by atoms with van der Waals surface area (Å²) in [5.74, 6) is -3.09. The number of carboxylic acids is 1. The molecule has 18 heavy (non-hydrogen) atoms. The van der Waals surface area contributed by atoms with Crippen LogP contribution in [-0.4, -0.2) is 28.9 Å². The number of rotatable bonds is 6. The predicted octanol–water partition coefficient (Wildman–Crippen LogP) is 1.96. The largest absolute Gasteiger partial charge is 0.479 e. The Kier molecular flexibility index (Phi) is 4.76. The Morgan fingerprint density at radius 2 is 1.94 bits per heavy atom. The summed E-state index contributed by atoms with van der Waals surface area (Å²) in [6, 6.07) is 1.09. The summed E-state index contributed by atoms with van der Waals surface area (Å²) in [7, 11) is 0. The molecule has 0 heterocycles. The van der Waals surface area contributed by atoms with Gasteiger partial charge < -0.3 is 10.0 Å². The second-order valence-corrected chi connectivity index (χ2v) is 3.79. The molecule has 98 valence electrons. The number of hydrogen-bond donors (Lipinski definition) is 1. The van der Waals surface area contributed by atoms with Gasteiger partial charge in [-0.15, -0.1) is 0 Å². The van der Waals surface area contributed by atoms with Crippen molar-refractivity contribution < 1.29 is 23.5 Å². The van der Waals surface area contributed by atoms with Gasteiger partial charge in [0.25, 0.3) is 0 Å². The summed E-state index contributed by atoms with van der Waals surface area (Å²) in [6.07, 6.45) is 0.908. The van der Waals surface area contributed by atoms with Crippen molar-refractivity contribution >= 4 is 12.4 Å². The quantitative estimate of drug-likeness (QED) is 0.792. The van der Waals surface area contributed by atoms with Crippen LogP contribution < -0.4 is 0 Å². The van der Waals surface area contributed by atoms with Crippen LogP contribution in [0.3, 0.4) is 0 Å². The molecule has 1 rings (SSSR count). The van der Waals surface area contributed by atoms with Crippen LogP contribution in [0.4, 0.5) is 8.78 Å². The Bertz CT molecular complexity index is 431. The summed E-state index contributed by atoms with van der Waals surface area (Å²) in [5, 5.41) is 9.09. The molecule has 0 aliphatic rings. The lowest BCUT2D eigenvalue weighted by molar-refractivity contribution is -0.146. The maximum absolute atomic E-state index is 13.1. The highest BCUT2D eigenvalue weighted by atomic mass is 19.1. The van der Waals surface area contributed by atoms with Crippen LogP contribution in [0.1, 0.15) is 24.9 Å². The van der Waals surface area contributed by atoms with E-state index >= 15 is 0 Å². The third kappa shape index (κ3) is 3.26. The molecular formula is C12H13F2NO3. The Morgan fingerprint density at radius 3 is 2.33 bits per heavy atom. The van der Waals surface area contributed by atoms with Crippen LogP contribution in [-0.2, 0) is 9.59 Å². The van der Waals surface area contributed by atoms with Gasteiger partial charge in [0.2, 0.25) is 6.41 Å². The minimum absolute atomic E-state index is 0.0967. The first-order valence-electron chi connectivity index (χ1n) is 5.39. The molecule has 0 radical (unpaired) electrons. The molecule has 0 aliphatic heterocycles. The van der Waals surface area contributed by atoms with Crippen molar-refractivity contribution in [1.29, 1.82) is 0 Å². The zero-order valence-corrected chi connectivity index (χ0v) is 9.77. The van der Waals surface area contributed by atoms with Gasteiger partial charge >= 0.3 is 5.97 Å². The fourth-order valence-corrected chi connectivity index (χ4v) is 1.71. The summed E-state index contributed by atoms with van der Waals surface area (Å²) in [4.78, 5) is 23.0. The topological polar surface area (TPSA) is 57.6 Å². The first-order chi connectivity index (χ1) is 8.49. The number of aliphatic carboxylic acids is 1. The molecule has 0 bridgehead atoms. The van der Waals surface area contributed by atoms with Crippen LogP contribution in [0, 0.1) is 11.6 Å². The van der Waals surface area contributed by atoms with Gasteiger partial charge in [0.15, 0.2) is 6.04 Å². The fourth-order valence-electron chi connectivity index (χ4n) is 1.71. The molecule has 1 amide bonds. The average Bonchev–Trinajstić information content (AvgIpc) is 2.26. The lowest BCUT2D eigenvalue weighted by Crippen LogP contribution is -2.33. The molecule has 0 saturated heterocycles. The van der Waals surface area contributed by atoms with Crippen molar-refractivity contribution in [3.63, 3.8) is 0 Å². The van der Waals surface area contributed by atoms with Gasteiger partial charge in [-0.2, -0.15) is 0 Å². The SMILES string of the molecule is CCCN(C=O)C(C(=O)O)c1cc(F)cc(F)c1. The van der Waals surface area contributed by atoms with Crippen LogP contribution in [0.5, 0.6) is 0 Å². The number of nitrogens with zero attached hydrogens (tertiary/aromatic N) is 1. The van der Waals surface area contributed by atoms with E-state index in [2.05, 4.69) is 0 Å². The van der Waals surface area contributed by atoms with Gasteiger partial charge in [-0.1, -0.05) is 6.92 Å². The van der Waals surface area contributed by atoms with Crippen molar-refractivity contribution in [2.24, 2.45) is 0 Å². The van der Waals surface area contributed by atoms with Crippen molar-refractivity contribution in [3.8, 4) is 0 Å². The normalized spacial score (nSPS) is 11.9. The Balaban J connectivity index is 3.18. The Labute approximate surface area is 103 Å². The van der Waals surface area contributed by atoms with E-state index in [1.54, 1.807) is 6.92 Å². The summed E-state index contributed by atoms with van der Waals surface area (Å²) in [5.41, 5.74) is -0.0967. The standard InChI is InChI=1S/C12H13F2NO3/c1-2-3-15(7-16)11(12(17)18)8-4-9(13)6-10(14)5-8/h4-7,11H,2-3H2,1H3,(H,17,18). The van der Waals surface area contributed by atoms with Crippen LogP contribution in [0.15, 0.2) is 18.2 Å². The van der Waals surface area contributed by atoms with E-state index < -0.39 is 23.6 Å². The number of carbonyl (C=O) groups is 2. The number of benzene rings is 1. The molecule has 0 saturated carbocycles. The number of hydrogen-bond acceptors (Lipinski definition) is 2. The molecule has 0 aliphatic carbocycles. The number of halogens is 2. The van der Waals surface area contributed by atoms with E-state index in [4.69, 9.17) is 5.11 Å². The summed E-state index contributed by atoms with van der Waals surface area (Å²) < 4.78 is 26.1. The molecule has 1 N–H and O–H groups in total. The molecule has 0 fully saturated rings. The van der Waals surface area contributed by atoms with Crippen molar-refractivity contribution in [3.05, 3.63) is 35.4 Å². The highest BCUT2D eigenvalue weighted by molar-refractivity contribution is 5.78. The molecule has 4 nitrogen and oxygen atoms in total. The predicted molar refractivity (Wildman–Crippen MR) is 59.8 cm³/mol. The van der Waals surface area contributed by atoms with Crippen molar-refractivity contribution in [2.45, 2.75) is 19.4 Å². The summed E-state index contributed by atoms with van der Waals surface area (Å²) in [6.45, 7) is 1.96.